The van der Waals surface area contributed by atoms with E-state index in [-0.39, 0.29) is 23.4 Å². The van der Waals surface area contributed by atoms with Gasteiger partial charge in [-0.2, -0.15) is 5.26 Å². The molecule has 1 unspecified atom stereocenters. The second-order valence-electron chi connectivity index (χ2n) is 9.02. The third-order valence-corrected chi connectivity index (χ3v) is 6.39. The first-order chi connectivity index (χ1) is 15.5. The van der Waals surface area contributed by atoms with Gasteiger partial charge in [0, 0.05) is 17.7 Å². The highest BCUT2D eigenvalue weighted by atomic mass is 16.6. The Labute approximate surface area is 188 Å². The van der Waals surface area contributed by atoms with E-state index in [4.69, 9.17) is 14.3 Å². The molecule has 166 valence electrons. The Bertz CT molecular complexity index is 1010. The molecule has 2 aromatic rings. The molecule has 6 nitrogen and oxygen atoms in total. The van der Waals surface area contributed by atoms with Crippen LogP contribution in [0.15, 0.2) is 59.8 Å². The normalized spacial score (nSPS) is 22.8. The van der Waals surface area contributed by atoms with Crippen molar-refractivity contribution in [2.75, 3.05) is 0 Å². The maximum Gasteiger partial charge on any atom is 0.311 e. The van der Waals surface area contributed by atoms with Crippen molar-refractivity contribution in [1.82, 2.24) is 0 Å². The first-order valence-electron chi connectivity index (χ1n) is 11.1. The van der Waals surface area contributed by atoms with Crippen molar-refractivity contribution < 1.29 is 19.1 Å². The first-order valence-corrected chi connectivity index (χ1v) is 11.1. The van der Waals surface area contributed by atoms with E-state index in [2.05, 4.69) is 11.2 Å². The number of ether oxygens (including phenoxy) is 2. The summed E-state index contributed by atoms with van der Waals surface area (Å²) < 4.78 is 11.4. The number of hydrogen-bond donors (Lipinski definition) is 0. The van der Waals surface area contributed by atoms with Crippen molar-refractivity contribution in [1.29, 1.82) is 5.26 Å². The Kier molecular flexibility index (Phi) is 6.45. The summed E-state index contributed by atoms with van der Waals surface area (Å²) in [6.07, 6.45) is 5.33. The maximum absolute atomic E-state index is 12.9. The average molecular weight is 433 g/mol. The zero-order chi connectivity index (χ0) is 22.6. The highest BCUT2D eigenvalue weighted by Gasteiger charge is 2.62. The van der Waals surface area contributed by atoms with Crippen molar-refractivity contribution in [2.24, 2.45) is 22.4 Å². The molecule has 0 saturated heterocycles. The highest BCUT2D eigenvalue weighted by Crippen LogP contribution is 2.58. The summed E-state index contributed by atoms with van der Waals surface area (Å²) in [5.41, 5.74) is 0.292. The summed E-state index contributed by atoms with van der Waals surface area (Å²) in [5, 5.41) is 13.8. The molecule has 6 heteroatoms. The topological polar surface area (TPSA) is 80.9 Å². The van der Waals surface area contributed by atoms with E-state index in [0.29, 0.717) is 17.1 Å². The summed E-state index contributed by atoms with van der Waals surface area (Å²) in [6.45, 7) is 4.00. The van der Waals surface area contributed by atoms with E-state index in [1.807, 2.05) is 44.2 Å². The van der Waals surface area contributed by atoms with Crippen molar-refractivity contribution >= 4 is 12.2 Å². The van der Waals surface area contributed by atoms with Crippen LogP contribution in [0.5, 0.6) is 11.5 Å². The van der Waals surface area contributed by atoms with Gasteiger partial charge in [-0.3, -0.25) is 4.79 Å². The zero-order valence-electron chi connectivity index (χ0n) is 18.4. The fourth-order valence-corrected chi connectivity index (χ4v) is 4.31. The third kappa shape index (κ3) is 4.94. The lowest BCUT2D eigenvalue weighted by atomic mass is 10.1. The predicted octanol–water partition coefficient (Wildman–Crippen LogP) is 5.80. The molecule has 0 aromatic heterocycles. The van der Waals surface area contributed by atoms with Gasteiger partial charge in [0.15, 0.2) is 0 Å². The molecule has 2 aliphatic carbocycles. The van der Waals surface area contributed by atoms with Crippen LogP contribution in [0.3, 0.4) is 0 Å². The van der Waals surface area contributed by atoms with Crippen LogP contribution in [-0.2, 0) is 14.4 Å². The van der Waals surface area contributed by atoms with Gasteiger partial charge in [-0.25, -0.2) is 0 Å². The highest BCUT2D eigenvalue weighted by molar-refractivity contribution is 5.85. The largest absolute Gasteiger partial charge is 0.457 e. The minimum absolute atomic E-state index is 0.0662. The Balaban J connectivity index is 1.38. The van der Waals surface area contributed by atoms with Gasteiger partial charge in [0.05, 0.1) is 5.92 Å². The molecule has 2 aromatic carbocycles. The summed E-state index contributed by atoms with van der Waals surface area (Å²) in [5.74, 6) is 0.456. The van der Waals surface area contributed by atoms with E-state index < -0.39 is 12.1 Å². The lowest BCUT2D eigenvalue weighted by Crippen LogP contribution is -2.14. The van der Waals surface area contributed by atoms with Crippen molar-refractivity contribution in [3.63, 3.8) is 0 Å². The average Bonchev–Trinajstić information content (AvgIpc) is 3.11. The van der Waals surface area contributed by atoms with Crippen LogP contribution < -0.4 is 4.74 Å². The van der Waals surface area contributed by atoms with E-state index in [1.165, 1.54) is 12.8 Å². The van der Waals surface area contributed by atoms with Crippen LogP contribution >= 0.6 is 0 Å². The number of esters is 1. The number of oxime groups is 1. The molecular weight excluding hydrogens is 404 g/mol. The number of carbonyl (C=O) groups excluding carboxylic acids is 1. The van der Waals surface area contributed by atoms with Crippen LogP contribution in [0, 0.1) is 28.6 Å². The quantitative estimate of drug-likeness (QED) is 0.299. The zero-order valence-corrected chi connectivity index (χ0v) is 18.4. The molecule has 0 aliphatic heterocycles. The Morgan fingerprint density at radius 3 is 2.56 bits per heavy atom. The number of hydrogen-bond acceptors (Lipinski definition) is 6. The van der Waals surface area contributed by atoms with E-state index in [1.54, 1.807) is 30.5 Å². The molecule has 0 heterocycles. The smallest absolute Gasteiger partial charge is 0.311 e. The fraction of sp³-hybridized carbons (Fsp3) is 0.423. The standard InChI is InChI=1S/C26H28N2O4/c1-26(2)22(17-28-32-20-12-6-7-13-20)24(26)25(29)31-23(16-27)18-9-8-14-21(15-18)30-19-10-4-3-5-11-19/h3-5,8-11,14-15,17,20,22-24H,6-7,12-13H2,1-2H3/t22-,23?,24+/m1/s1. The van der Waals surface area contributed by atoms with Crippen LogP contribution in [0.1, 0.15) is 51.2 Å². The number of benzene rings is 2. The number of nitriles is 1. The summed E-state index contributed by atoms with van der Waals surface area (Å²) in [7, 11) is 0. The number of para-hydroxylation sites is 1. The van der Waals surface area contributed by atoms with Gasteiger partial charge in [0.1, 0.15) is 23.7 Å². The molecule has 0 radical (unpaired) electrons. The van der Waals surface area contributed by atoms with Gasteiger partial charge in [0.2, 0.25) is 6.10 Å². The van der Waals surface area contributed by atoms with E-state index in [0.717, 1.165) is 12.8 Å². The lowest BCUT2D eigenvalue weighted by Gasteiger charge is -2.13. The van der Waals surface area contributed by atoms with Crippen molar-refractivity contribution in [3.05, 3.63) is 60.2 Å². The molecule has 2 fully saturated rings. The fourth-order valence-electron chi connectivity index (χ4n) is 4.31. The summed E-state index contributed by atoms with van der Waals surface area (Å²) in [4.78, 5) is 18.4. The predicted molar refractivity (Wildman–Crippen MR) is 120 cm³/mol. The van der Waals surface area contributed by atoms with Gasteiger partial charge >= 0.3 is 5.97 Å². The van der Waals surface area contributed by atoms with Crippen molar-refractivity contribution in [2.45, 2.75) is 51.7 Å². The first kappa shape index (κ1) is 21.9. The van der Waals surface area contributed by atoms with Crippen LogP contribution in [0.25, 0.3) is 0 Å². The second kappa shape index (κ2) is 9.44. The van der Waals surface area contributed by atoms with Gasteiger partial charge in [-0.1, -0.05) is 49.3 Å². The number of carbonyl (C=O) groups is 1. The van der Waals surface area contributed by atoms with Gasteiger partial charge in [0.25, 0.3) is 0 Å². The molecule has 0 N–H and O–H groups in total. The van der Waals surface area contributed by atoms with E-state index in [9.17, 15) is 10.1 Å². The maximum atomic E-state index is 12.9. The summed E-state index contributed by atoms with van der Waals surface area (Å²) >= 11 is 0. The van der Waals surface area contributed by atoms with Gasteiger partial charge in [-0.15, -0.1) is 0 Å². The Morgan fingerprint density at radius 2 is 1.84 bits per heavy atom. The Morgan fingerprint density at radius 1 is 1.12 bits per heavy atom. The van der Waals surface area contributed by atoms with Crippen molar-refractivity contribution in [3.8, 4) is 17.6 Å². The molecule has 32 heavy (non-hydrogen) atoms. The molecule has 0 spiro atoms. The molecule has 2 saturated carbocycles. The molecule has 3 atom stereocenters. The third-order valence-electron chi connectivity index (χ3n) is 6.39. The Hall–Kier alpha value is -3.33. The molecule has 4 rings (SSSR count). The second-order valence-corrected chi connectivity index (χ2v) is 9.02. The summed E-state index contributed by atoms with van der Waals surface area (Å²) in [6, 6.07) is 18.5. The number of rotatable bonds is 8. The van der Waals surface area contributed by atoms with Gasteiger partial charge < -0.3 is 14.3 Å². The van der Waals surface area contributed by atoms with Gasteiger partial charge in [-0.05, 0) is 55.4 Å². The molecule has 0 amide bonds. The molecular formula is C26H28N2O4. The molecule has 0 bridgehead atoms. The van der Waals surface area contributed by atoms with E-state index >= 15 is 0 Å². The SMILES string of the molecule is CC1(C)[C@H](C=NOC2CCCC2)[C@H]1C(=O)OC(C#N)c1cccc(Oc2ccccc2)c1. The number of nitrogens with zero attached hydrogens (tertiary/aromatic N) is 2. The minimum atomic E-state index is -1.01. The lowest BCUT2D eigenvalue weighted by molar-refractivity contribution is -0.149. The minimum Gasteiger partial charge on any atom is -0.457 e. The monoisotopic (exact) mass is 432 g/mol. The van der Waals surface area contributed by atoms with Crippen LogP contribution in [0.4, 0.5) is 0 Å². The van der Waals surface area contributed by atoms with Crippen LogP contribution in [0.2, 0.25) is 0 Å². The molecule has 2 aliphatic rings. The van der Waals surface area contributed by atoms with Crippen LogP contribution in [-0.4, -0.2) is 18.3 Å².